The number of hydrogen-bond acceptors (Lipinski definition) is 5. The normalized spacial score (nSPS) is 18.1. The zero-order chi connectivity index (χ0) is 16.2. The Bertz CT molecular complexity index is 681. The van der Waals surface area contributed by atoms with E-state index in [-0.39, 0.29) is 18.2 Å². The van der Waals surface area contributed by atoms with E-state index in [0.29, 0.717) is 17.8 Å². The van der Waals surface area contributed by atoms with Crippen LogP contribution in [0.15, 0.2) is 23.7 Å². The number of hydrogen-bond donors (Lipinski definition) is 1. The first-order valence-electron chi connectivity index (χ1n) is 7.64. The molecule has 1 saturated heterocycles. The fourth-order valence-corrected chi connectivity index (χ4v) is 4.54. The number of nitrogens with zero attached hydrogens (tertiary/aromatic N) is 2. The van der Waals surface area contributed by atoms with Crippen molar-refractivity contribution in [2.45, 2.75) is 25.7 Å². The largest absolute Gasteiger partial charge is 0.481 e. The molecule has 1 fully saturated rings. The first-order valence-corrected chi connectivity index (χ1v) is 9.34. The van der Waals surface area contributed by atoms with Crippen molar-refractivity contribution >= 4 is 34.6 Å². The van der Waals surface area contributed by atoms with Crippen LogP contribution in [0.4, 0.5) is 0 Å². The van der Waals surface area contributed by atoms with Gasteiger partial charge in [-0.25, -0.2) is 4.98 Å². The predicted octanol–water partition coefficient (Wildman–Crippen LogP) is 3.59. The number of carbonyl (C=O) groups excluding carboxylic acids is 1. The van der Waals surface area contributed by atoms with Crippen molar-refractivity contribution < 1.29 is 14.7 Å². The van der Waals surface area contributed by atoms with Crippen molar-refractivity contribution in [3.8, 4) is 9.88 Å². The molecule has 2 aromatic rings. The van der Waals surface area contributed by atoms with Crippen LogP contribution in [0, 0.1) is 5.92 Å². The van der Waals surface area contributed by atoms with Gasteiger partial charge in [-0.2, -0.15) is 0 Å². The Balaban J connectivity index is 1.64. The number of carbonyl (C=O) groups is 2. The zero-order valence-corrected chi connectivity index (χ0v) is 14.2. The zero-order valence-electron chi connectivity index (χ0n) is 12.6. The van der Waals surface area contributed by atoms with Crippen LogP contribution in [0.25, 0.3) is 9.88 Å². The topological polar surface area (TPSA) is 70.5 Å². The molecule has 0 unspecified atom stereocenters. The van der Waals surface area contributed by atoms with Crippen molar-refractivity contribution in [1.29, 1.82) is 0 Å². The van der Waals surface area contributed by atoms with E-state index >= 15 is 0 Å². The molecule has 1 atom stereocenters. The van der Waals surface area contributed by atoms with Crippen LogP contribution in [-0.4, -0.2) is 40.0 Å². The molecule has 23 heavy (non-hydrogen) atoms. The Morgan fingerprint density at radius 3 is 3.04 bits per heavy atom. The highest BCUT2D eigenvalue weighted by Gasteiger charge is 2.26. The lowest BCUT2D eigenvalue weighted by molar-refractivity contribution is -0.137. The highest BCUT2D eigenvalue weighted by molar-refractivity contribution is 7.21. The van der Waals surface area contributed by atoms with Crippen LogP contribution >= 0.6 is 22.7 Å². The first-order chi connectivity index (χ1) is 11.1. The molecule has 1 aliphatic rings. The average molecular weight is 350 g/mol. The molecular formula is C16H18N2O3S2. The van der Waals surface area contributed by atoms with Gasteiger partial charge in [0.15, 0.2) is 0 Å². The third kappa shape index (κ3) is 3.97. The maximum Gasteiger partial charge on any atom is 0.303 e. The number of rotatable bonds is 5. The minimum absolute atomic E-state index is 0.0188. The second-order valence-electron chi connectivity index (χ2n) is 5.70. The molecule has 0 bridgehead atoms. The highest BCUT2D eigenvalue weighted by Crippen LogP contribution is 2.30. The molecule has 0 saturated carbocycles. The van der Waals surface area contributed by atoms with Crippen molar-refractivity contribution in [3.05, 3.63) is 28.6 Å². The average Bonchev–Trinajstić information content (AvgIpc) is 3.23. The van der Waals surface area contributed by atoms with Gasteiger partial charge in [-0.15, -0.1) is 22.7 Å². The van der Waals surface area contributed by atoms with Gasteiger partial charge >= 0.3 is 5.97 Å². The number of aliphatic carboxylic acids is 1. The van der Waals surface area contributed by atoms with Gasteiger partial charge in [-0.1, -0.05) is 6.07 Å². The van der Waals surface area contributed by atoms with E-state index in [9.17, 15) is 9.59 Å². The Morgan fingerprint density at radius 2 is 2.30 bits per heavy atom. The van der Waals surface area contributed by atoms with Gasteiger partial charge in [0.05, 0.1) is 11.1 Å². The van der Waals surface area contributed by atoms with Crippen LogP contribution < -0.4 is 0 Å². The van der Waals surface area contributed by atoms with Crippen molar-refractivity contribution in [2.75, 3.05) is 13.1 Å². The van der Waals surface area contributed by atoms with Gasteiger partial charge in [0.2, 0.25) is 0 Å². The Hall–Kier alpha value is -1.73. The maximum absolute atomic E-state index is 12.6. The van der Waals surface area contributed by atoms with E-state index in [1.54, 1.807) is 17.5 Å². The van der Waals surface area contributed by atoms with E-state index in [1.165, 1.54) is 11.3 Å². The molecule has 0 spiro atoms. The summed E-state index contributed by atoms with van der Waals surface area (Å²) >= 11 is 3.04. The number of aromatic nitrogens is 1. The lowest BCUT2D eigenvalue weighted by Gasteiger charge is -2.32. The van der Waals surface area contributed by atoms with Crippen molar-refractivity contribution in [3.63, 3.8) is 0 Å². The monoisotopic (exact) mass is 350 g/mol. The van der Waals surface area contributed by atoms with E-state index in [0.717, 1.165) is 29.3 Å². The second-order valence-corrected chi connectivity index (χ2v) is 7.68. The number of thiazole rings is 1. The number of carboxylic acid groups (broad SMARTS) is 1. The van der Waals surface area contributed by atoms with Gasteiger partial charge in [0.25, 0.3) is 5.91 Å². The first kappa shape index (κ1) is 16.1. The van der Waals surface area contributed by atoms with Crippen molar-refractivity contribution in [2.24, 2.45) is 5.92 Å². The molecule has 1 amide bonds. The van der Waals surface area contributed by atoms with E-state index in [4.69, 9.17) is 5.11 Å². The lowest BCUT2D eigenvalue weighted by Crippen LogP contribution is -2.39. The molecule has 0 aromatic carbocycles. The Kier molecular flexibility index (Phi) is 5.07. The summed E-state index contributed by atoms with van der Waals surface area (Å²) in [6.45, 7) is 1.40. The smallest absolute Gasteiger partial charge is 0.303 e. The van der Waals surface area contributed by atoms with Gasteiger partial charge in [0.1, 0.15) is 9.88 Å². The Labute approximate surface area is 142 Å². The predicted molar refractivity (Wildman–Crippen MR) is 90.9 cm³/mol. The molecule has 1 N–H and O–H groups in total. The minimum Gasteiger partial charge on any atom is -0.481 e. The molecule has 0 radical (unpaired) electrons. The summed E-state index contributed by atoms with van der Waals surface area (Å²) in [7, 11) is 0. The molecule has 7 heteroatoms. The van der Waals surface area contributed by atoms with Gasteiger partial charge in [0, 0.05) is 19.5 Å². The summed E-state index contributed by atoms with van der Waals surface area (Å²) in [5, 5.41) is 11.7. The van der Waals surface area contributed by atoms with Gasteiger partial charge in [-0.3, -0.25) is 9.59 Å². The molecular weight excluding hydrogens is 332 g/mol. The SMILES string of the molecule is O=C(O)CC[C@H]1CCCN(C(=O)c2cnc(-c3cccs3)s2)C1. The second kappa shape index (κ2) is 7.23. The maximum atomic E-state index is 12.6. The molecule has 1 aliphatic heterocycles. The highest BCUT2D eigenvalue weighted by atomic mass is 32.1. The molecule has 0 aliphatic carbocycles. The van der Waals surface area contributed by atoms with Crippen molar-refractivity contribution in [1.82, 2.24) is 9.88 Å². The summed E-state index contributed by atoms with van der Waals surface area (Å²) in [5.74, 6) is -0.463. The number of amides is 1. The van der Waals surface area contributed by atoms with Crippen LogP contribution in [0.2, 0.25) is 0 Å². The fourth-order valence-electron chi connectivity index (χ4n) is 2.86. The third-order valence-electron chi connectivity index (χ3n) is 4.02. The summed E-state index contributed by atoms with van der Waals surface area (Å²) in [4.78, 5) is 31.3. The summed E-state index contributed by atoms with van der Waals surface area (Å²) in [6.07, 6.45) is 4.41. The summed E-state index contributed by atoms with van der Waals surface area (Å²) in [5.41, 5.74) is 0. The lowest BCUT2D eigenvalue weighted by atomic mass is 9.93. The number of likely N-dealkylation sites (tertiary alicyclic amines) is 1. The Morgan fingerprint density at radius 1 is 1.43 bits per heavy atom. The molecule has 2 aromatic heterocycles. The van der Waals surface area contributed by atoms with Crippen LogP contribution in [0.5, 0.6) is 0 Å². The summed E-state index contributed by atoms with van der Waals surface area (Å²) < 4.78 is 0. The minimum atomic E-state index is -0.767. The van der Waals surface area contributed by atoms with E-state index < -0.39 is 5.97 Å². The molecule has 5 nitrogen and oxygen atoms in total. The number of carboxylic acids is 1. The van der Waals surface area contributed by atoms with Gasteiger partial charge < -0.3 is 10.0 Å². The van der Waals surface area contributed by atoms with Gasteiger partial charge in [-0.05, 0) is 36.6 Å². The molecule has 122 valence electrons. The van der Waals surface area contributed by atoms with Crippen LogP contribution in [0.3, 0.4) is 0 Å². The summed E-state index contributed by atoms with van der Waals surface area (Å²) in [6, 6.07) is 3.97. The van der Waals surface area contributed by atoms with E-state index in [2.05, 4.69) is 4.98 Å². The number of piperidine rings is 1. The third-order valence-corrected chi connectivity index (χ3v) is 6.05. The standard InChI is InChI=1S/C16H18N2O3S2/c19-14(20)6-5-11-3-1-7-18(10-11)16(21)13-9-17-15(23-13)12-4-2-8-22-12/h2,4,8-9,11H,1,3,5-7,10H2,(H,19,20)/t11-/m1/s1. The fraction of sp³-hybridized carbons (Fsp3) is 0.438. The molecule has 3 heterocycles. The van der Waals surface area contributed by atoms with Crippen LogP contribution in [0.1, 0.15) is 35.4 Å². The molecule has 3 rings (SSSR count). The van der Waals surface area contributed by atoms with Crippen LogP contribution in [-0.2, 0) is 4.79 Å². The quantitative estimate of drug-likeness (QED) is 0.894. The van der Waals surface area contributed by atoms with E-state index in [1.807, 2.05) is 22.4 Å². The number of thiophene rings is 1.